The number of carbonyl (C=O) groups is 2. The topological polar surface area (TPSA) is 67.4 Å². The lowest BCUT2D eigenvalue weighted by Gasteiger charge is -2.20. The molecule has 0 aromatic heterocycles. The predicted octanol–water partition coefficient (Wildman–Crippen LogP) is 2.01. The molecule has 0 aliphatic heterocycles. The molecule has 0 aliphatic rings. The first kappa shape index (κ1) is 17.3. The SMILES string of the molecule is COc1ccc(C(Cl)C(=O)NCC(=O)NC(C)(C)C)cc1. The first-order chi connectivity index (χ1) is 9.73. The monoisotopic (exact) mass is 312 g/mol. The van der Waals surface area contributed by atoms with E-state index in [0.717, 1.165) is 0 Å². The fourth-order valence-corrected chi connectivity index (χ4v) is 1.87. The number of amides is 2. The highest BCUT2D eigenvalue weighted by atomic mass is 35.5. The second-order valence-electron chi connectivity index (χ2n) is 5.65. The number of carbonyl (C=O) groups excluding carboxylic acids is 2. The van der Waals surface area contributed by atoms with E-state index < -0.39 is 11.3 Å². The molecular weight excluding hydrogens is 292 g/mol. The van der Waals surface area contributed by atoms with Crippen molar-refractivity contribution in [3.63, 3.8) is 0 Å². The Balaban J connectivity index is 2.52. The van der Waals surface area contributed by atoms with Crippen LogP contribution < -0.4 is 15.4 Å². The molecule has 0 bridgehead atoms. The van der Waals surface area contributed by atoms with Gasteiger partial charge in [0.1, 0.15) is 11.1 Å². The lowest BCUT2D eigenvalue weighted by atomic mass is 10.1. The summed E-state index contributed by atoms with van der Waals surface area (Å²) in [6, 6.07) is 6.88. The van der Waals surface area contributed by atoms with Gasteiger partial charge in [-0.1, -0.05) is 12.1 Å². The van der Waals surface area contributed by atoms with Crippen LogP contribution in [0.4, 0.5) is 0 Å². The van der Waals surface area contributed by atoms with Crippen molar-refractivity contribution in [2.75, 3.05) is 13.7 Å². The molecule has 1 aromatic carbocycles. The van der Waals surface area contributed by atoms with Gasteiger partial charge in [-0.3, -0.25) is 9.59 Å². The van der Waals surface area contributed by atoms with Gasteiger partial charge in [-0.05, 0) is 38.5 Å². The molecule has 116 valence electrons. The molecule has 0 saturated carbocycles. The zero-order chi connectivity index (χ0) is 16.0. The number of nitrogens with one attached hydrogen (secondary N) is 2. The molecule has 1 atom stereocenters. The van der Waals surface area contributed by atoms with E-state index in [2.05, 4.69) is 10.6 Å². The molecule has 1 rings (SSSR count). The van der Waals surface area contributed by atoms with Gasteiger partial charge in [-0.15, -0.1) is 11.6 Å². The van der Waals surface area contributed by atoms with Crippen molar-refractivity contribution in [3.05, 3.63) is 29.8 Å². The zero-order valence-electron chi connectivity index (χ0n) is 12.7. The maximum Gasteiger partial charge on any atom is 0.243 e. The first-order valence-electron chi connectivity index (χ1n) is 6.59. The number of rotatable bonds is 5. The quantitative estimate of drug-likeness (QED) is 0.817. The minimum Gasteiger partial charge on any atom is -0.497 e. The Hall–Kier alpha value is -1.75. The van der Waals surface area contributed by atoms with Crippen LogP contribution in [0.3, 0.4) is 0 Å². The van der Waals surface area contributed by atoms with Crippen LogP contribution in [0.25, 0.3) is 0 Å². The summed E-state index contributed by atoms with van der Waals surface area (Å²) in [5, 5.41) is 4.42. The van der Waals surface area contributed by atoms with Crippen molar-refractivity contribution < 1.29 is 14.3 Å². The van der Waals surface area contributed by atoms with E-state index >= 15 is 0 Å². The molecule has 0 heterocycles. The molecule has 2 N–H and O–H groups in total. The third-order valence-electron chi connectivity index (χ3n) is 2.58. The summed E-state index contributed by atoms with van der Waals surface area (Å²) in [7, 11) is 1.56. The summed E-state index contributed by atoms with van der Waals surface area (Å²) < 4.78 is 5.04. The molecule has 5 nitrogen and oxygen atoms in total. The molecule has 1 aromatic rings. The Morgan fingerprint density at radius 2 is 1.81 bits per heavy atom. The second-order valence-corrected chi connectivity index (χ2v) is 6.09. The highest BCUT2D eigenvalue weighted by Gasteiger charge is 2.19. The van der Waals surface area contributed by atoms with Crippen molar-refractivity contribution in [1.29, 1.82) is 0 Å². The maximum absolute atomic E-state index is 11.9. The van der Waals surface area contributed by atoms with Crippen molar-refractivity contribution in [3.8, 4) is 5.75 Å². The molecule has 21 heavy (non-hydrogen) atoms. The van der Waals surface area contributed by atoms with Gasteiger partial charge in [0.25, 0.3) is 0 Å². The Morgan fingerprint density at radius 3 is 2.29 bits per heavy atom. The van der Waals surface area contributed by atoms with Gasteiger partial charge in [0.05, 0.1) is 13.7 Å². The normalized spacial score (nSPS) is 12.4. The average molecular weight is 313 g/mol. The highest BCUT2D eigenvalue weighted by molar-refractivity contribution is 6.30. The van der Waals surface area contributed by atoms with E-state index in [4.69, 9.17) is 16.3 Å². The fraction of sp³-hybridized carbons (Fsp3) is 0.467. The summed E-state index contributed by atoms with van der Waals surface area (Å²) in [6.07, 6.45) is 0. The summed E-state index contributed by atoms with van der Waals surface area (Å²) in [6.45, 7) is 5.51. The van der Waals surface area contributed by atoms with E-state index in [0.29, 0.717) is 11.3 Å². The van der Waals surface area contributed by atoms with E-state index in [1.807, 2.05) is 20.8 Å². The van der Waals surface area contributed by atoms with Crippen molar-refractivity contribution >= 4 is 23.4 Å². The lowest BCUT2D eigenvalue weighted by Crippen LogP contribution is -2.46. The first-order valence-corrected chi connectivity index (χ1v) is 7.03. The maximum atomic E-state index is 11.9. The van der Waals surface area contributed by atoms with Gasteiger partial charge in [-0.25, -0.2) is 0 Å². The molecule has 6 heteroatoms. The molecule has 2 amide bonds. The van der Waals surface area contributed by atoms with E-state index in [9.17, 15) is 9.59 Å². The Morgan fingerprint density at radius 1 is 1.24 bits per heavy atom. The number of ether oxygens (including phenoxy) is 1. The summed E-state index contributed by atoms with van der Waals surface area (Å²) in [5.41, 5.74) is 0.309. The Kier molecular flexibility index (Phi) is 6.03. The third-order valence-corrected chi connectivity index (χ3v) is 3.03. The number of benzene rings is 1. The fourth-order valence-electron chi connectivity index (χ4n) is 1.64. The van der Waals surface area contributed by atoms with Crippen LogP contribution in [0, 0.1) is 0 Å². The molecule has 0 fully saturated rings. The number of hydrogen-bond acceptors (Lipinski definition) is 3. The predicted molar refractivity (Wildman–Crippen MR) is 82.5 cm³/mol. The summed E-state index contributed by atoms with van der Waals surface area (Å²) in [5.74, 6) is 0.0212. The number of halogens is 1. The molecule has 1 unspecified atom stereocenters. The minimum absolute atomic E-state index is 0.102. The van der Waals surface area contributed by atoms with Crippen LogP contribution in [-0.2, 0) is 9.59 Å². The largest absolute Gasteiger partial charge is 0.497 e. The van der Waals surface area contributed by atoms with Crippen molar-refractivity contribution in [2.45, 2.75) is 31.7 Å². The highest BCUT2D eigenvalue weighted by Crippen LogP contribution is 2.22. The van der Waals surface area contributed by atoms with Gasteiger partial charge in [0, 0.05) is 5.54 Å². The molecule has 0 radical (unpaired) electrons. The van der Waals surface area contributed by atoms with Gasteiger partial charge >= 0.3 is 0 Å². The number of methoxy groups -OCH3 is 1. The Labute approximate surface area is 130 Å². The van der Waals surface area contributed by atoms with Crippen molar-refractivity contribution in [2.24, 2.45) is 0 Å². The van der Waals surface area contributed by atoms with Gasteiger partial charge < -0.3 is 15.4 Å². The van der Waals surface area contributed by atoms with Crippen LogP contribution >= 0.6 is 11.6 Å². The molecule has 0 aliphatic carbocycles. The lowest BCUT2D eigenvalue weighted by molar-refractivity contribution is -0.126. The third kappa shape index (κ3) is 6.04. The second kappa shape index (κ2) is 7.31. The molecule has 0 saturated heterocycles. The van der Waals surface area contributed by atoms with Crippen LogP contribution in [0.5, 0.6) is 5.75 Å². The number of hydrogen-bond donors (Lipinski definition) is 2. The van der Waals surface area contributed by atoms with E-state index in [-0.39, 0.29) is 18.0 Å². The van der Waals surface area contributed by atoms with E-state index in [1.54, 1.807) is 31.4 Å². The average Bonchev–Trinajstić information content (AvgIpc) is 2.42. The minimum atomic E-state index is -0.849. The van der Waals surface area contributed by atoms with Crippen LogP contribution in [0.1, 0.15) is 31.7 Å². The van der Waals surface area contributed by atoms with Crippen LogP contribution in [0.2, 0.25) is 0 Å². The van der Waals surface area contributed by atoms with Crippen molar-refractivity contribution in [1.82, 2.24) is 10.6 Å². The molecule has 0 spiro atoms. The Bertz CT molecular complexity index is 495. The van der Waals surface area contributed by atoms with Gasteiger partial charge in [0.15, 0.2) is 0 Å². The molecular formula is C15H21ClN2O3. The smallest absolute Gasteiger partial charge is 0.243 e. The summed E-state index contributed by atoms with van der Waals surface area (Å²) >= 11 is 6.08. The zero-order valence-corrected chi connectivity index (χ0v) is 13.5. The standard InChI is InChI=1S/C15H21ClN2O3/c1-15(2,3)18-12(19)9-17-14(20)13(16)10-5-7-11(21-4)8-6-10/h5-8,13H,9H2,1-4H3,(H,17,20)(H,18,19). The van der Waals surface area contributed by atoms with Crippen LogP contribution in [-0.4, -0.2) is 31.0 Å². The van der Waals surface area contributed by atoms with Crippen LogP contribution in [0.15, 0.2) is 24.3 Å². The van der Waals surface area contributed by atoms with Gasteiger partial charge in [0.2, 0.25) is 11.8 Å². The summed E-state index contributed by atoms with van der Waals surface area (Å²) in [4.78, 5) is 23.5. The van der Waals surface area contributed by atoms with Gasteiger partial charge in [-0.2, -0.15) is 0 Å². The number of alkyl halides is 1. The van der Waals surface area contributed by atoms with E-state index in [1.165, 1.54) is 0 Å².